The van der Waals surface area contributed by atoms with E-state index >= 15 is 0 Å². The van der Waals surface area contributed by atoms with Crippen LogP contribution in [0.2, 0.25) is 0 Å². The van der Waals surface area contributed by atoms with Crippen LogP contribution in [-0.2, 0) is 16.0 Å². The van der Waals surface area contributed by atoms with Crippen LogP contribution in [0.5, 0.6) is 0 Å². The fraction of sp³-hybridized carbons (Fsp3) is 0.417. The van der Waals surface area contributed by atoms with Crippen molar-refractivity contribution < 1.29 is 14.6 Å². The van der Waals surface area contributed by atoms with Gasteiger partial charge in [-0.25, -0.2) is 0 Å². The van der Waals surface area contributed by atoms with Gasteiger partial charge >= 0.3 is 0 Å². The molecule has 0 fully saturated rings. The molecule has 3 N–H and O–H groups in total. The Morgan fingerprint density at radius 2 is 2.41 bits per heavy atom. The van der Waals surface area contributed by atoms with E-state index in [1.807, 2.05) is 18.2 Å². The number of methoxy groups -OCH3 is 1. The van der Waals surface area contributed by atoms with Gasteiger partial charge in [0.05, 0.1) is 19.1 Å². The Morgan fingerprint density at radius 3 is 3.18 bits per heavy atom. The number of amides is 1. The Labute approximate surface area is 99.8 Å². The molecule has 1 atom stereocenters. The lowest BCUT2D eigenvalue weighted by molar-refractivity contribution is -0.115. The van der Waals surface area contributed by atoms with Crippen LogP contribution in [0.1, 0.15) is 5.56 Å². The first-order chi connectivity index (χ1) is 8.19. The van der Waals surface area contributed by atoms with E-state index in [-0.39, 0.29) is 5.91 Å². The van der Waals surface area contributed by atoms with Gasteiger partial charge < -0.3 is 20.5 Å². The topological polar surface area (TPSA) is 70.6 Å². The first kappa shape index (κ1) is 11.9. The van der Waals surface area contributed by atoms with Crippen molar-refractivity contribution in [3.05, 3.63) is 23.8 Å². The molecule has 1 heterocycles. The summed E-state index contributed by atoms with van der Waals surface area (Å²) >= 11 is 0. The third kappa shape index (κ3) is 2.95. The van der Waals surface area contributed by atoms with Gasteiger partial charge in [-0.2, -0.15) is 0 Å². The second-order valence-electron chi connectivity index (χ2n) is 4.09. The number of carbonyl (C=O) groups is 1. The zero-order valence-corrected chi connectivity index (χ0v) is 9.69. The molecule has 0 spiro atoms. The van der Waals surface area contributed by atoms with Crippen LogP contribution < -0.4 is 10.6 Å². The summed E-state index contributed by atoms with van der Waals surface area (Å²) in [6.07, 6.45) is -0.0927. The van der Waals surface area contributed by atoms with Crippen molar-refractivity contribution in [2.75, 3.05) is 30.9 Å². The maximum Gasteiger partial charge on any atom is 0.228 e. The predicted molar refractivity (Wildman–Crippen MR) is 65.1 cm³/mol. The highest BCUT2D eigenvalue weighted by Gasteiger charge is 2.17. The van der Waals surface area contributed by atoms with Crippen LogP contribution in [0.4, 0.5) is 11.4 Å². The summed E-state index contributed by atoms with van der Waals surface area (Å²) in [6, 6.07) is 5.69. The van der Waals surface area contributed by atoms with Gasteiger partial charge in [0.2, 0.25) is 5.91 Å². The largest absolute Gasteiger partial charge is 0.389 e. The minimum Gasteiger partial charge on any atom is -0.389 e. The summed E-state index contributed by atoms with van der Waals surface area (Å²) in [5.41, 5.74) is 2.74. The zero-order chi connectivity index (χ0) is 12.3. The molecule has 0 saturated heterocycles. The molecule has 0 aliphatic carbocycles. The van der Waals surface area contributed by atoms with Gasteiger partial charge in [0.15, 0.2) is 0 Å². The van der Waals surface area contributed by atoms with E-state index in [2.05, 4.69) is 10.6 Å². The zero-order valence-electron chi connectivity index (χ0n) is 9.69. The number of aliphatic hydroxyl groups is 1. The van der Waals surface area contributed by atoms with Crippen LogP contribution in [0, 0.1) is 0 Å². The van der Waals surface area contributed by atoms with Gasteiger partial charge in [-0.3, -0.25) is 4.79 Å². The Hall–Kier alpha value is -1.59. The lowest BCUT2D eigenvalue weighted by atomic mass is 10.1. The van der Waals surface area contributed by atoms with Crippen LogP contribution in [0.25, 0.3) is 0 Å². The lowest BCUT2D eigenvalue weighted by Crippen LogP contribution is -2.24. The molecule has 2 rings (SSSR count). The molecule has 1 aromatic carbocycles. The van der Waals surface area contributed by atoms with Crippen molar-refractivity contribution in [2.24, 2.45) is 0 Å². The van der Waals surface area contributed by atoms with E-state index in [4.69, 9.17) is 4.74 Å². The molecule has 1 aliphatic rings. The average molecular weight is 236 g/mol. The number of hydrogen-bond donors (Lipinski definition) is 3. The molecule has 0 radical (unpaired) electrons. The lowest BCUT2D eigenvalue weighted by Gasteiger charge is -2.12. The number of anilines is 2. The average Bonchev–Trinajstić information content (AvgIpc) is 2.66. The molecule has 0 saturated carbocycles. The number of rotatable bonds is 5. The quantitative estimate of drug-likeness (QED) is 0.700. The number of nitrogens with one attached hydrogen (secondary N) is 2. The third-order valence-electron chi connectivity index (χ3n) is 2.64. The number of hydrogen-bond acceptors (Lipinski definition) is 4. The fourth-order valence-corrected chi connectivity index (χ4v) is 1.81. The molecule has 0 bridgehead atoms. The maximum absolute atomic E-state index is 11.2. The highest BCUT2D eigenvalue weighted by molar-refractivity contribution is 5.99. The SMILES string of the molecule is COC[C@H](O)CNc1ccc2c(c1)NC(=O)C2. The van der Waals surface area contributed by atoms with Gasteiger partial charge in [-0.15, -0.1) is 0 Å². The van der Waals surface area contributed by atoms with E-state index in [9.17, 15) is 9.90 Å². The van der Waals surface area contributed by atoms with Crippen LogP contribution in [0.3, 0.4) is 0 Å². The highest BCUT2D eigenvalue weighted by Crippen LogP contribution is 2.26. The van der Waals surface area contributed by atoms with Gasteiger partial charge in [-0.05, 0) is 17.7 Å². The maximum atomic E-state index is 11.2. The third-order valence-corrected chi connectivity index (χ3v) is 2.64. The summed E-state index contributed by atoms with van der Waals surface area (Å²) in [6.45, 7) is 0.718. The molecule has 5 heteroatoms. The standard InChI is InChI=1S/C12H16N2O3/c1-17-7-10(15)6-13-9-3-2-8-4-12(16)14-11(8)5-9/h2-3,5,10,13,15H,4,6-7H2,1H3,(H,14,16)/t10-/m1/s1. The van der Waals surface area contributed by atoms with Crippen molar-refractivity contribution >= 4 is 17.3 Å². The molecule has 1 aliphatic heterocycles. The summed E-state index contributed by atoms with van der Waals surface area (Å²) in [7, 11) is 1.55. The summed E-state index contributed by atoms with van der Waals surface area (Å²) in [5, 5.41) is 15.4. The first-order valence-electron chi connectivity index (χ1n) is 5.52. The van der Waals surface area contributed by atoms with Gasteiger partial charge in [0, 0.05) is 25.0 Å². The minimum absolute atomic E-state index is 0.0246. The van der Waals surface area contributed by atoms with Gasteiger partial charge in [0.25, 0.3) is 0 Å². The summed E-state index contributed by atoms with van der Waals surface area (Å²) in [5.74, 6) is 0.0246. The number of aliphatic hydroxyl groups excluding tert-OH is 1. The van der Waals surface area contributed by atoms with Crippen LogP contribution in [-0.4, -0.2) is 37.4 Å². The van der Waals surface area contributed by atoms with Crippen molar-refractivity contribution in [1.82, 2.24) is 0 Å². The van der Waals surface area contributed by atoms with Crippen molar-refractivity contribution in [3.8, 4) is 0 Å². The molecular weight excluding hydrogens is 220 g/mol. The molecule has 0 unspecified atom stereocenters. The number of fused-ring (bicyclic) bond motifs is 1. The van der Waals surface area contributed by atoms with E-state index in [0.717, 1.165) is 16.9 Å². The van der Waals surface area contributed by atoms with E-state index < -0.39 is 6.10 Å². The minimum atomic E-state index is -0.539. The van der Waals surface area contributed by atoms with Crippen LogP contribution >= 0.6 is 0 Å². The predicted octanol–water partition coefficient (Wildman–Crippen LogP) is 0.600. The molecular formula is C12H16N2O3. The van der Waals surface area contributed by atoms with E-state index in [0.29, 0.717) is 19.6 Å². The number of benzene rings is 1. The Bertz CT molecular complexity index is 420. The number of ether oxygens (including phenoxy) is 1. The highest BCUT2D eigenvalue weighted by atomic mass is 16.5. The Morgan fingerprint density at radius 1 is 1.59 bits per heavy atom. The molecule has 17 heavy (non-hydrogen) atoms. The monoisotopic (exact) mass is 236 g/mol. The molecule has 1 aromatic rings. The van der Waals surface area contributed by atoms with Gasteiger partial charge in [0.1, 0.15) is 0 Å². The second kappa shape index (κ2) is 5.16. The summed E-state index contributed by atoms with van der Waals surface area (Å²) in [4.78, 5) is 11.2. The normalized spacial score (nSPS) is 15.3. The Kier molecular flexibility index (Phi) is 3.61. The van der Waals surface area contributed by atoms with Crippen molar-refractivity contribution in [2.45, 2.75) is 12.5 Å². The second-order valence-corrected chi connectivity index (χ2v) is 4.09. The molecule has 5 nitrogen and oxygen atoms in total. The van der Waals surface area contributed by atoms with E-state index in [1.54, 1.807) is 7.11 Å². The fourth-order valence-electron chi connectivity index (χ4n) is 1.81. The van der Waals surface area contributed by atoms with Crippen molar-refractivity contribution in [3.63, 3.8) is 0 Å². The van der Waals surface area contributed by atoms with Gasteiger partial charge in [-0.1, -0.05) is 6.07 Å². The molecule has 1 amide bonds. The molecule has 92 valence electrons. The molecule has 0 aromatic heterocycles. The first-order valence-corrected chi connectivity index (χ1v) is 5.52. The van der Waals surface area contributed by atoms with Crippen molar-refractivity contribution in [1.29, 1.82) is 0 Å². The Balaban J connectivity index is 1.95. The van der Waals surface area contributed by atoms with Crippen LogP contribution in [0.15, 0.2) is 18.2 Å². The smallest absolute Gasteiger partial charge is 0.228 e. The summed E-state index contributed by atoms with van der Waals surface area (Å²) < 4.78 is 4.83. The number of carbonyl (C=O) groups excluding carboxylic acids is 1. The van der Waals surface area contributed by atoms with E-state index in [1.165, 1.54) is 0 Å².